The minimum atomic E-state index is -0.742. The maximum Gasteiger partial charge on any atom is 0.345 e. The lowest BCUT2D eigenvalue weighted by atomic mass is 10.1. The quantitative estimate of drug-likeness (QED) is 0.474. The van der Waals surface area contributed by atoms with E-state index in [-0.39, 0.29) is 16.7 Å². The molecule has 0 aliphatic carbocycles. The molecule has 0 saturated heterocycles. The van der Waals surface area contributed by atoms with Gasteiger partial charge in [-0.2, -0.15) is 0 Å². The second-order valence-corrected chi connectivity index (χ2v) is 4.18. The van der Waals surface area contributed by atoms with Crippen molar-refractivity contribution in [3.05, 3.63) is 38.4 Å². The highest BCUT2D eigenvalue weighted by atomic mass is 35.5. The first-order chi connectivity index (χ1) is 7.84. The average Bonchev–Trinajstić information content (AvgIpc) is 2.19. The van der Waals surface area contributed by atoms with Crippen LogP contribution >= 0.6 is 11.6 Å². The summed E-state index contributed by atoms with van der Waals surface area (Å²) in [6, 6.07) is 2.90. The normalized spacial score (nSPS) is 10.4. The monoisotopic (exact) mass is 257 g/mol. The maximum atomic E-state index is 11.7. The summed E-state index contributed by atoms with van der Waals surface area (Å²) in [5.41, 5.74) is 0.0103. The molecule has 0 heterocycles. The van der Waals surface area contributed by atoms with Crippen molar-refractivity contribution in [2.24, 2.45) is 0 Å². The van der Waals surface area contributed by atoms with Crippen molar-refractivity contribution in [2.45, 2.75) is 26.9 Å². The number of ether oxygens (including phenoxy) is 1. The number of carbonyl (C=O) groups is 1. The van der Waals surface area contributed by atoms with Gasteiger partial charge in [-0.25, -0.2) is 4.79 Å². The topological polar surface area (TPSA) is 69.4 Å². The van der Waals surface area contributed by atoms with Gasteiger partial charge < -0.3 is 4.74 Å². The molecule has 92 valence electrons. The molecule has 0 unspecified atom stereocenters. The molecule has 0 spiro atoms. The Labute approximate surface area is 103 Å². The average molecular weight is 258 g/mol. The van der Waals surface area contributed by atoms with Crippen LogP contribution in [-0.2, 0) is 4.74 Å². The van der Waals surface area contributed by atoms with E-state index in [0.717, 1.165) is 0 Å². The smallest absolute Gasteiger partial charge is 0.345 e. The first-order valence-corrected chi connectivity index (χ1v) is 5.37. The van der Waals surface area contributed by atoms with E-state index in [1.165, 1.54) is 6.07 Å². The number of aryl methyl sites for hydroxylation is 1. The predicted octanol–water partition coefficient (Wildman–Crippen LogP) is 3.12. The maximum absolute atomic E-state index is 11.7. The number of halogens is 1. The summed E-state index contributed by atoms with van der Waals surface area (Å²) < 4.78 is 4.92. The molecule has 0 radical (unpaired) electrons. The Hall–Kier alpha value is -1.62. The van der Waals surface area contributed by atoms with Crippen LogP contribution in [0, 0.1) is 17.0 Å². The Morgan fingerprint density at radius 3 is 2.53 bits per heavy atom. The first-order valence-electron chi connectivity index (χ1n) is 4.99. The number of nitrogens with zero attached hydrogens (tertiary/aromatic N) is 1. The number of nitro groups is 1. The molecule has 0 aliphatic rings. The van der Waals surface area contributed by atoms with Gasteiger partial charge in [0.15, 0.2) is 0 Å². The molecule has 1 rings (SSSR count). The van der Waals surface area contributed by atoms with Crippen molar-refractivity contribution in [3.63, 3.8) is 0 Å². The fourth-order valence-corrected chi connectivity index (χ4v) is 1.52. The van der Waals surface area contributed by atoms with Gasteiger partial charge in [0.05, 0.1) is 11.0 Å². The molecule has 5 nitrogen and oxygen atoms in total. The van der Waals surface area contributed by atoms with Gasteiger partial charge in [0.1, 0.15) is 10.6 Å². The second-order valence-electron chi connectivity index (χ2n) is 3.80. The van der Waals surface area contributed by atoms with Crippen LogP contribution in [0.25, 0.3) is 0 Å². The van der Waals surface area contributed by atoms with Crippen LogP contribution < -0.4 is 0 Å². The van der Waals surface area contributed by atoms with E-state index in [4.69, 9.17) is 16.3 Å². The predicted molar refractivity (Wildman–Crippen MR) is 63.4 cm³/mol. The van der Waals surface area contributed by atoms with E-state index in [2.05, 4.69) is 0 Å². The van der Waals surface area contributed by atoms with Gasteiger partial charge in [-0.1, -0.05) is 17.7 Å². The van der Waals surface area contributed by atoms with E-state index in [0.29, 0.717) is 5.56 Å². The first kappa shape index (κ1) is 13.4. The van der Waals surface area contributed by atoms with Gasteiger partial charge in [0, 0.05) is 0 Å². The molecule has 0 saturated carbocycles. The molecule has 0 atom stereocenters. The summed E-state index contributed by atoms with van der Waals surface area (Å²) in [6.45, 7) is 4.96. The number of hydrogen-bond donors (Lipinski definition) is 0. The largest absolute Gasteiger partial charge is 0.459 e. The van der Waals surface area contributed by atoms with Gasteiger partial charge in [-0.3, -0.25) is 10.1 Å². The van der Waals surface area contributed by atoms with E-state index in [1.807, 2.05) is 0 Å². The molecule has 0 aliphatic heterocycles. The summed E-state index contributed by atoms with van der Waals surface area (Å²) in [5, 5.41) is 10.9. The Morgan fingerprint density at radius 1 is 1.47 bits per heavy atom. The van der Waals surface area contributed by atoms with Crippen molar-refractivity contribution < 1.29 is 14.5 Å². The fourth-order valence-electron chi connectivity index (χ4n) is 1.29. The summed E-state index contributed by atoms with van der Waals surface area (Å²) >= 11 is 5.82. The number of benzene rings is 1. The molecule has 0 fully saturated rings. The lowest BCUT2D eigenvalue weighted by molar-refractivity contribution is -0.385. The van der Waals surface area contributed by atoms with Gasteiger partial charge in [0.2, 0.25) is 0 Å². The van der Waals surface area contributed by atoms with Crippen LogP contribution in [0.1, 0.15) is 29.8 Å². The van der Waals surface area contributed by atoms with E-state index in [9.17, 15) is 14.9 Å². The lowest BCUT2D eigenvalue weighted by Crippen LogP contribution is -2.13. The zero-order valence-electron chi connectivity index (χ0n) is 9.69. The highest BCUT2D eigenvalue weighted by Gasteiger charge is 2.26. The molecule has 0 bridgehead atoms. The van der Waals surface area contributed by atoms with Crippen molar-refractivity contribution in [3.8, 4) is 0 Å². The zero-order valence-corrected chi connectivity index (χ0v) is 10.4. The van der Waals surface area contributed by atoms with Crippen molar-refractivity contribution in [1.29, 1.82) is 0 Å². The molecular weight excluding hydrogens is 246 g/mol. The van der Waals surface area contributed by atoms with Crippen molar-refractivity contribution >= 4 is 23.3 Å². The van der Waals surface area contributed by atoms with Gasteiger partial charge >= 0.3 is 11.7 Å². The molecule has 0 amide bonds. The van der Waals surface area contributed by atoms with Crippen LogP contribution in [0.4, 0.5) is 5.69 Å². The number of hydrogen-bond acceptors (Lipinski definition) is 4. The second kappa shape index (κ2) is 5.14. The van der Waals surface area contributed by atoms with Gasteiger partial charge in [0.25, 0.3) is 0 Å². The van der Waals surface area contributed by atoms with Crippen LogP contribution in [0.3, 0.4) is 0 Å². The molecular formula is C11H12ClNO4. The third-order valence-corrected chi connectivity index (χ3v) is 2.53. The van der Waals surface area contributed by atoms with Crippen LogP contribution in [0.5, 0.6) is 0 Å². The Balaban J connectivity index is 3.29. The molecule has 1 aromatic rings. The van der Waals surface area contributed by atoms with E-state index < -0.39 is 16.6 Å². The van der Waals surface area contributed by atoms with Crippen LogP contribution in [0.15, 0.2) is 12.1 Å². The fraction of sp³-hybridized carbons (Fsp3) is 0.364. The Morgan fingerprint density at radius 2 is 2.06 bits per heavy atom. The third kappa shape index (κ3) is 2.94. The van der Waals surface area contributed by atoms with Crippen LogP contribution in [0.2, 0.25) is 5.02 Å². The van der Waals surface area contributed by atoms with Gasteiger partial charge in [-0.05, 0) is 32.4 Å². The molecule has 17 heavy (non-hydrogen) atoms. The molecule has 6 heteroatoms. The van der Waals surface area contributed by atoms with E-state index in [1.54, 1.807) is 26.8 Å². The number of nitro benzene ring substituents is 1. The number of rotatable bonds is 3. The minimum Gasteiger partial charge on any atom is -0.459 e. The van der Waals surface area contributed by atoms with Gasteiger partial charge in [-0.15, -0.1) is 0 Å². The van der Waals surface area contributed by atoms with Crippen molar-refractivity contribution in [2.75, 3.05) is 0 Å². The number of esters is 1. The summed E-state index contributed by atoms with van der Waals surface area (Å²) in [5.74, 6) is -0.742. The minimum absolute atomic E-state index is 0.0341. The lowest BCUT2D eigenvalue weighted by Gasteiger charge is -2.09. The number of carbonyl (C=O) groups excluding carboxylic acids is 1. The van der Waals surface area contributed by atoms with E-state index >= 15 is 0 Å². The molecule has 0 aromatic heterocycles. The van der Waals surface area contributed by atoms with Crippen molar-refractivity contribution in [1.82, 2.24) is 0 Å². The summed E-state index contributed by atoms with van der Waals surface area (Å²) in [6.07, 6.45) is -0.345. The Kier molecular flexibility index (Phi) is 4.07. The SMILES string of the molecule is Cc1ccc(C(=O)OC(C)C)c([N+](=O)[O-])c1Cl. The highest BCUT2D eigenvalue weighted by Crippen LogP contribution is 2.32. The standard InChI is InChI=1S/C11H12ClNO4/c1-6(2)17-11(14)8-5-4-7(3)9(12)10(8)13(15)16/h4-6H,1-3H3. The Bertz CT molecular complexity index is 471. The van der Waals surface area contributed by atoms with Crippen LogP contribution in [-0.4, -0.2) is 17.0 Å². The molecule has 0 N–H and O–H groups in total. The summed E-state index contributed by atoms with van der Waals surface area (Å²) in [7, 11) is 0. The summed E-state index contributed by atoms with van der Waals surface area (Å²) in [4.78, 5) is 21.9. The zero-order chi connectivity index (χ0) is 13.2. The third-order valence-electron chi connectivity index (χ3n) is 2.05. The molecule has 1 aromatic carbocycles. The highest BCUT2D eigenvalue weighted by molar-refractivity contribution is 6.34.